The molecule has 0 bridgehead atoms. The highest BCUT2D eigenvalue weighted by molar-refractivity contribution is 7.14. The van der Waals surface area contributed by atoms with Crippen LogP contribution in [-0.2, 0) is 4.74 Å². The maximum atomic E-state index is 6.33. The van der Waals surface area contributed by atoms with Crippen LogP contribution in [0.25, 0.3) is 21.6 Å². The van der Waals surface area contributed by atoms with Crippen LogP contribution >= 0.6 is 11.3 Å². The summed E-state index contributed by atoms with van der Waals surface area (Å²) in [7, 11) is 0. The first-order valence-corrected chi connectivity index (χ1v) is 12.5. The fourth-order valence-electron chi connectivity index (χ4n) is 4.59. The Bertz CT molecular complexity index is 1300. The van der Waals surface area contributed by atoms with E-state index in [0.717, 1.165) is 70.1 Å². The Balaban J connectivity index is 1.21. The van der Waals surface area contributed by atoms with Gasteiger partial charge in [-0.2, -0.15) is 0 Å². The first-order valence-electron chi connectivity index (χ1n) is 11.7. The Morgan fingerprint density at radius 2 is 1.79 bits per heavy atom. The zero-order valence-electron chi connectivity index (χ0n) is 18.8. The highest BCUT2D eigenvalue weighted by Gasteiger charge is 2.22. The zero-order chi connectivity index (χ0) is 22.9. The second-order valence-corrected chi connectivity index (χ2v) is 9.75. The Morgan fingerprint density at radius 3 is 2.59 bits per heavy atom. The van der Waals surface area contributed by atoms with E-state index in [9.17, 15) is 0 Å². The van der Waals surface area contributed by atoms with Crippen LogP contribution in [0.1, 0.15) is 36.6 Å². The van der Waals surface area contributed by atoms with Crippen LogP contribution < -0.4 is 16.0 Å². The second-order valence-electron chi connectivity index (χ2n) is 8.74. The van der Waals surface area contributed by atoms with E-state index in [4.69, 9.17) is 10.5 Å². The van der Waals surface area contributed by atoms with E-state index in [0.29, 0.717) is 11.7 Å². The van der Waals surface area contributed by atoms with Crippen LogP contribution in [0.2, 0.25) is 0 Å². The highest BCUT2D eigenvalue weighted by Crippen LogP contribution is 2.38. The third-order valence-electron chi connectivity index (χ3n) is 6.44. The van der Waals surface area contributed by atoms with E-state index in [1.54, 1.807) is 17.5 Å². The molecule has 0 radical (unpaired) electrons. The molecule has 174 valence electrons. The van der Waals surface area contributed by atoms with E-state index in [-0.39, 0.29) is 0 Å². The van der Waals surface area contributed by atoms with Crippen LogP contribution in [0, 0.1) is 0 Å². The molecule has 1 saturated heterocycles. The molecule has 1 aliphatic heterocycles. The van der Waals surface area contributed by atoms with Crippen molar-refractivity contribution in [2.24, 2.45) is 0 Å². The van der Waals surface area contributed by atoms with E-state index in [1.165, 1.54) is 25.7 Å². The molecule has 6 rings (SSSR count). The normalized spacial score (nSPS) is 16.9. The number of rotatable bonds is 5. The summed E-state index contributed by atoms with van der Waals surface area (Å²) in [6.07, 6.45) is 8.56. The lowest BCUT2D eigenvalue weighted by Gasteiger charge is -2.27. The molecule has 1 saturated carbocycles. The fourth-order valence-corrected chi connectivity index (χ4v) is 5.63. The van der Waals surface area contributed by atoms with Gasteiger partial charge in [-0.1, -0.05) is 24.2 Å². The quantitative estimate of drug-likeness (QED) is 0.435. The zero-order valence-corrected chi connectivity index (χ0v) is 19.6. The average molecular weight is 475 g/mol. The van der Waals surface area contributed by atoms with Crippen molar-refractivity contribution >= 4 is 45.4 Å². The molecule has 10 heteroatoms. The molecular formula is C24H26N8OS. The van der Waals surface area contributed by atoms with Gasteiger partial charge in [-0.25, -0.2) is 9.97 Å². The monoisotopic (exact) mass is 474 g/mol. The van der Waals surface area contributed by atoms with Crippen LogP contribution in [0.4, 0.5) is 23.0 Å². The van der Waals surface area contributed by atoms with Crippen molar-refractivity contribution in [2.45, 2.75) is 31.6 Å². The number of nitrogens with two attached hydrogens (primary N) is 1. The minimum Gasteiger partial charge on any atom is -0.383 e. The van der Waals surface area contributed by atoms with Crippen LogP contribution in [0.15, 0.2) is 36.7 Å². The van der Waals surface area contributed by atoms with E-state index < -0.39 is 0 Å². The van der Waals surface area contributed by atoms with Crippen LogP contribution in [0.5, 0.6) is 0 Å². The number of nitrogens with zero attached hydrogens (tertiary/aromatic N) is 6. The van der Waals surface area contributed by atoms with Crippen molar-refractivity contribution in [1.82, 2.24) is 25.1 Å². The molecule has 4 aromatic heterocycles. The Morgan fingerprint density at radius 1 is 0.971 bits per heavy atom. The third kappa shape index (κ3) is 4.26. The average Bonchev–Trinajstić information content (AvgIpc) is 3.57. The van der Waals surface area contributed by atoms with E-state index in [1.807, 2.05) is 30.5 Å². The molecule has 0 spiro atoms. The lowest BCUT2D eigenvalue weighted by Crippen LogP contribution is -2.36. The Labute approximate surface area is 201 Å². The highest BCUT2D eigenvalue weighted by atomic mass is 32.1. The number of ether oxygens (including phenoxy) is 1. The van der Waals surface area contributed by atoms with Crippen molar-refractivity contribution < 1.29 is 4.74 Å². The number of pyridine rings is 3. The number of hydrogen-bond acceptors (Lipinski definition) is 10. The molecule has 2 aliphatic rings. The number of morpholine rings is 1. The van der Waals surface area contributed by atoms with Gasteiger partial charge in [0, 0.05) is 19.0 Å². The molecule has 2 fully saturated rings. The van der Waals surface area contributed by atoms with Gasteiger partial charge in [0.25, 0.3) is 0 Å². The number of fused-ring (bicyclic) bond motifs is 1. The molecule has 5 heterocycles. The molecule has 34 heavy (non-hydrogen) atoms. The predicted molar refractivity (Wildman–Crippen MR) is 135 cm³/mol. The maximum absolute atomic E-state index is 6.33. The van der Waals surface area contributed by atoms with E-state index >= 15 is 0 Å². The minimum absolute atomic E-state index is 0.442. The van der Waals surface area contributed by atoms with Crippen LogP contribution in [0.3, 0.4) is 0 Å². The molecular weight excluding hydrogens is 448 g/mol. The molecule has 1 aliphatic carbocycles. The van der Waals surface area contributed by atoms with Gasteiger partial charge < -0.3 is 20.7 Å². The van der Waals surface area contributed by atoms with E-state index in [2.05, 4.69) is 35.4 Å². The van der Waals surface area contributed by atoms with Gasteiger partial charge in [-0.05, 0) is 37.1 Å². The molecule has 0 aromatic carbocycles. The van der Waals surface area contributed by atoms with Gasteiger partial charge in [0.1, 0.15) is 16.6 Å². The molecule has 0 amide bonds. The lowest BCUT2D eigenvalue weighted by atomic mass is 10.1. The fraction of sp³-hybridized carbons (Fsp3) is 0.375. The van der Waals surface area contributed by atoms with Crippen molar-refractivity contribution in [2.75, 3.05) is 42.3 Å². The van der Waals surface area contributed by atoms with Gasteiger partial charge >= 0.3 is 0 Å². The molecule has 3 N–H and O–H groups in total. The summed E-state index contributed by atoms with van der Waals surface area (Å²) in [6, 6.07) is 7.94. The predicted octanol–water partition coefficient (Wildman–Crippen LogP) is 4.36. The van der Waals surface area contributed by atoms with Gasteiger partial charge in [0.2, 0.25) is 0 Å². The number of nitrogens with one attached hydrogen (secondary N) is 1. The van der Waals surface area contributed by atoms with Crippen molar-refractivity contribution in [3.05, 3.63) is 41.7 Å². The summed E-state index contributed by atoms with van der Waals surface area (Å²) in [4.78, 5) is 16.0. The van der Waals surface area contributed by atoms with Gasteiger partial charge in [0.15, 0.2) is 5.01 Å². The summed E-state index contributed by atoms with van der Waals surface area (Å²) < 4.78 is 5.41. The summed E-state index contributed by atoms with van der Waals surface area (Å²) in [5.74, 6) is 1.93. The van der Waals surface area contributed by atoms with Crippen molar-refractivity contribution in [3.8, 4) is 10.6 Å². The minimum atomic E-state index is 0.442. The molecule has 0 atom stereocenters. The maximum Gasteiger partial charge on any atom is 0.151 e. The standard InChI is InChI=1S/C24H26N8OS/c25-22-18(24-31-30-23(34-24)15-3-1-2-4-15)12-19-20(29-22)11-17(14-26-19)28-16-5-6-21(27-13-16)32-7-9-33-10-8-32/h5-6,11-15,28H,1-4,7-10H2,(H2,25,29). The lowest BCUT2D eigenvalue weighted by molar-refractivity contribution is 0.122. The topological polar surface area (TPSA) is 115 Å². The van der Waals surface area contributed by atoms with Gasteiger partial charge in [-0.15, -0.1) is 10.2 Å². The summed E-state index contributed by atoms with van der Waals surface area (Å²) in [6.45, 7) is 3.21. The molecule has 9 nitrogen and oxygen atoms in total. The number of nitrogen functional groups attached to an aromatic ring is 1. The third-order valence-corrected chi connectivity index (χ3v) is 7.56. The number of hydrogen-bond donors (Lipinski definition) is 2. The van der Waals surface area contributed by atoms with Gasteiger partial charge in [0.05, 0.1) is 53.6 Å². The SMILES string of the molecule is Nc1nc2cc(Nc3ccc(N4CCOCC4)nc3)cnc2cc1-c1nnc(C2CCCC2)s1. The van der Waals surface area contributed by atoms with Gasteiger partial charge in [-0.3, -0.25) is 4.98 Å². The smallest absolute Gasteiger partial charge is 0.151 e. The van der Waals surface area contributed by atoms with Crippen molar-refractivity contribution in [3.63, 3.8) is 0 Å². The first kappa shape index (κ1) is 21.2. The number of anilines is 4. The second kappa shape index (κ2) is 9.11. The summed E-state index contributed by atoms with van der Waals surface area (Å²) in [5.41, 5.74) is 10.3. The number of aromatic nitrogens is 5. The Hall–Kier alpha value is -3.37. The van der Waals surface area contributed by atoms with Crippen molar-refractivity contribution in [1.29, 1.82) is 0 Å². The first-order chi connectivity index (χ1) is 16.7. The molecule has 4 aromatic rings. The summed E-state index contributed by atoms with van der Waals surface area (Å²) in [5, 5.41) is 14.1. The molecule has 0 unspecified atom stereocenters. The Kier molecular flexibility index (Phi) is 5.68. The van der Waals surface area contributed by atoms with Crippen LogP contribution in [-0.4, -0.2) is 51.5 Å². The largest absolute Gasteiger partial charge is 0.383 e. The summed E-state index contributed by atoms with van der Waals surface area (Å²) >= 11 is 1.62.